The molecule has 0 saturated carbocycles. The lowest BCUT2D eigenvalue weighted by molar-refractivity contribution is 0.0906. The first-order chi connectivity index (χ1) is 9.08. The molecule has 0 heterocycles. The zero-order chi connectivity index (χ0) is 14.3. The lowest BCUT2D eigenvalue weighted by Crippen LogP contribution is -2.37. The molecule has 2 N–H and O–H groups in total. The SMILES string of the molecule is CCC(CC)(CCO)CNC(=O)c1ccccc1Br. The molecule has 4 heteroatoms. The number of benzene rings is 1. The van der Waals surface area contributed by atoms with Crippen LogP contribution in [0.15, 0.2) is 28.7 Å². The molecule has 0 saturated heterocycles. The summed E-state index contributed by atoms with van der Waals surface area (Å²) in [5.74, 6) is -0.0725. The van der Waals surface area contributed by atoms with E-state index in [-0.39, 0.29) is 17.9 Å². The molecule has 0 aliphatic rings. The van der Waals surface area contributed by atoms with Gasteiger partial charge in [-0.3, -0.25) is 4.79 Å². The third-order valence-corrected chi connectivity index (χ3v) is 4.58. The topological polar surface area (TPSA) is 49.3 Å². The Labute approximate surface area is 123 Å². The Morgan fingerprint density at radius 1 is 1.32 bits per heavy atom. The van der Waals surface area contributed by atoms with Crippen LogP contribution in [0.1, 0.15) is 43.5 Å². The Balaban J connectivity index is 2.70. The second-order valence-electron chi connectivity index (χ2n) is 4.84. The molecule has 0 aromatic heterocycles. The molecule has 0 aliphatic carbocycles. The third-order valence-electron chi connectivity index (χ3n) is 3.88. The molecule has 1 amide bonds. The van der Waals surface area contributed by atoms with Crippen molar-refractivity contribution in [2.45, 2.75) is 33.1 Å². The molecule has 1 rings (SSSR count). The number of amides is 1. The summed E-state index contributed by atoms with van der Waals surface area (Å²) in [7, 11) is 0. The molecule has 0 radical (unpaired) electrons. The van der Waals surface area contributed by atoms with E-state index in [1.807, 2.05) is 18.2 Å². The predicted octanol–water partition coefficient (Wildman–Crippen LogP) is 3.37. The second-order valence-corrected chi connectivity index (χ2v) is 5.70. The lowest BCUT2D eigenvalue weighted by atomic mass is 9.79. The van der Waals surface area contributed by atoms with Crippen LogP contribution in [0, 0.1) is 5.41 Å². The summed E-state index contributed by atoms with van der Waals surface area (Å²) in [5.41, 5.74) is 0.638. The smallest absolute Gasteiger partial charge is 0.252 e. The van der Waals surface area contributed by atoms with Crippen molar-refractivity contribution >= 4 is 21.8 Å². The summed E-state index contributed by atoms with van der Waals surface area (Å²) in [6.07, 6.45) is 2.61. The van der Waals surface area contributed by atoms with Gasteiger partial charge in [0.1, 0.15) is 0 Å². The van der Waals surface area contributed by atoms with E-state index in [2.05, 4.69) is 35.1 Å². The number of carbonyl (C=O) groups excluding carboxylic acids is 1. The molecule has 19 heavy (non-hydrogen) atoms. The standard InChI is InChI=1S/C15H22BrNO2/c1-3-15(4-2,9-10-18)11-17-14(19)12-7-5-6-8-13(12)16/h5-8,18H,3-4,9-11H2,1-2H3,(H,17,19). The highest BCUT2D eigenvalue weighted by Gasteiger charge is 2.26. The fourth-order valence-corrected chi connectivity index (χ4v) is 2.65. The van der Waals surface area contributed by atoms with Crippen molar-refractivity contribution in [3.8, 4) is 0 Å². The first kappa shape index (κ1) is 16.2. The van der Waals surface area contributed by atoms with Crippen LogP contribution in [0.2, 0.25) is 0 Å². The summed E-state index contributed by atoms with van der Waals surface area (Å²) in [6, 6.07) is 7.38. The molecular weight excluding hydrogens is 306 g/mol. The summed E-state index contributed by atoms with van der Waals surface area (Å²) in [5, 5.41) is 12.2. The molecule has 0 fully saturated rings. The van der Waals surface area contributed by atoms with Gasteiger partial charge in [0, 0.05) is 17.6 Å². The average Bonchev–Trinajstić information content (AvgIpc) is 2.44. The van der Waals surface area contributed by atoms with Gasteiger partial charge in [0.2, 0.25) is 0 Å². The minimum atomic E-state index is -0.0725. The Morgan fingerprint density at radius 3 is 2.47 bits per heavy atom. The fourth-order valence-electron chi connectivity index (χ4n) is 2.19. The van der Waals surface area contributed by atoms with Crippen LogP contribution in [0.4, 0.5) is 0 Å². The maximum absolute atomic E-state index is 12.1. The van der Waals surface area contributed by atoms with E-state index in [1.54, 1.807) is 6.07 Å². The zero-order valence-corrected chi connectivity index (χ0v) is 13.2. The molecule has 106 valence electrons. The largest absolute Gasteiger partial charge is 0.396 e. The minimum Gasteiger partial charge on any atom is -0.396 e. The van der Waals surface area contributed by atoms with Crippen LogP contribution in [-0.4, -0.2) is 24.2 Å². The van der Waals surface area contributed by atoms with Gasteiger partial charge in [-0.15, -0.1) is 0 Å². The lowest BCUT2D eigenvalue weighted by Gasteiger charge is -2.31. The van der Waals surface area contributed by atoms with Gasteiger partial charge < -0.3 is 10.4 Å². The van der Waals surface area contributed by atoms with Crippen LogP contribution >= 0.6 is 15.9 Å². The number of hydrogen-bond donors (Lipinski definition) is 2. The quantitative estimate of drug-likeness (QED) is 0.806. The third kappa shape index (κ3) is 4.32. The van der Waals surface area contributed by atoms with E-state index >= 15 is 0 Å². The van der Waals surface area contributed by atoms with Gasteiger partial charge in [0.05, 0.1) is 5.56 Å². The number of aliphatic hydroxyl groups excluding tert-OH is 1. The maximum Gasteiger partial charge on any atom is 0.252 e. The molecular formula is C15H22BrNO2. The number of hydrogen-bond acceptors (Lipinski definition) is 2. The highest BCUT2D eigenvalue weighted by atomic mass is 79.9. The number of carbonyl (C=O) groups is 1. The van der Waals surface area contributed by atoms with Crippen LogP contribution in [0.5, 0.6) is 0 Å². The van der Waals surface area contributed by atoms with Crippen molar-refractivity contribution in [3.05, 3.63) is 34.3 Å². The number of aliphatic hydroxyl groups is 1. The van der Waals surface area contributed by atoms with Gasteiger partial charge in [-0.2, -0.15) is 0 Å². The van der Waals surface area contributed by atoms with E-state index in [0.29, 0.717) is 12.1 Å². The molecule has 3 nitrogen and oxygen atoms in total. The first-order valence-corrected chi connectivity index (χ1v) is 7.51. The Kier molecular flexibility index (Phi) is 6.52. The van der Waals surface area contributed by atoms with E-state index in [0.717, 1.165) is 23.7 Å². The zero-order valence-electron chi connectivity index (χ0n) is 11.6. The summed E-state index contributed by atoms with van der Waals surface area (Å²) >= 11 is 3.38. The first-order valence-electron chi connectivity index (χ1n) is 6.72. The van der Waals surface area contributed by atoms with Gasteiger partial charge in [0.15, 0.2) is 0 Å². The van der Waals surface area contributed by atoms with Gasteiger partial charge >= 0.3 is 0 Å². The summed E-state index contributed by atoms with van der Waals surface area (Å²) in [6.45, 7) is 4.96. The Hall–Kier alpha value is -0.870. The van der Waals surface area contributed by atoms with Gasteiger partial charge in [-0.05, 0) is 52.7 Å². The van der Waals surface area contributed by atoms with Crippen LogP contribution < -0.4 is 5.32 Å². The van der Waals surface area contributed by atoms with Crippen LogP contribution in [0.25, 0.3) is 0 Å². The van der Waals surface area contributed by atoms with Gasteiger partial charge in [-0.25, -0.2) is 0 Å². The molecule has 0 atom stereocenters. The molecule has 0 unspecified atom stereocenters. The van der Waals surface area contributed by atoms with Crippen LogP contribution in [0.3, 0.4) is 0 Å². The maximum atomic E-state index is 12.1. The predicted molar refractivity (Wildman–Crippen MR) is 81.2 cm³/mol. The Bertz CT molecular complexity index is 416. The van der Waals surface area contributed by atoms with E-state index in [1.165, 1.54) is 0 Å². The normalized spacial score (nSPS) is 11.4. The molecule has 0 aliphatic heterocycles. The van der Waals surface area contributed by atoms with Crippen molar-refractivity contribution in [1.82, 2.24) is 5.32 Å². The fraction of sp³-hybridized carbons (Fsp3) is 0.533. The van der Waals surface area contributed by atoms with Gasteiger partial charge in [0.25, 0.3) is 5.91 Å². The minimum absolute atomic E-state index is 0.00827. The highest BCUT2D eigenvalue weighted by molar-refractivity contribution is 9.10. The molecule has 0 bridgehead atoms. The van der Waals surface area contributed by atoms with Crippen molar-refractivity contribution < 1.29 is 9.90 Å². The van der Waals surface area contributed by atoms with Crippen molar-refractivity contribution in [2.24, 2.45) is 5.41 Å². The number of nitrogens with one attached hydrogen (secondary N) is 1. The highest BCUT2D eigenvalue weighted by Crippen LogP contribution is 2.29. The van der Waals surface area contributed by atoms with Crippen molar-refractivity contribution in [2.75, 3.05) is 13.2 Å². The monoisotopic (exact) mass is 327 g/mol. The summed E-state index contributed by atoms with van der Waals surface area (Å²) < 4.78 is 0.799. The van der Waals surface area contributed by atoms with Gasteiger partial charge in [-0.1, -0.05) is 26.0 Å². The van der Waals surface area contributed by atoms with E-state index in [9.17, 15) is 9.90 Å². The Morgan fingerprint density at radius 2 is 1.95 bits per heavy atom. The van der Waals surface area contributed by atoms with Crippen molar-refractivity contribution in [1.29, 1.82) is 0 Å². The summed E-state index contributed by atoms with van der Waals surface area (Å²) in [4.78, 5) is 12.1. The number of halogens is 1. The average molecular weight is 328 g/mol. The molecule has 1 aromatic rings. The van der Waals surface area contributed by atoms with Crippen LogP contribution in [-0.2, 0) is 0 Å². The second kappa shape index (κ2) is 7.65. The molecule has 0 spiro atoms. The van der Waals surface area contributed by atoms with Crippen molar-refractivity contribution in [3.63, 3.8) is 0 Å². The number of rotatable bonds is 7. The van der Waals surface area contributed by atoms with E-state index in [4.69, 9.17) is 0 Å². The van der Waals surface area contributed by atoms with E-state index < -0.39 is 0 Å². The molecule has 1 aromatic carbocycles.